The Hall–Kier alpha value is -1.80. The topological polar surface area (TPSA) is 15.6 Å². The molecule has 0 amide bonds. The summed E-state index contributed by atoms with van der Waals surface area (Å²) in [6.45, 7) is 10.3. The Morgan fingerprint density at radius 1 is 1.21 bits per heavy atom. The molecule has 0 bridgehead atoms. The summed E-state index contributed by atoms with van der Waals surface area (Å²) in [5.41, 5.74) is 5.06. The largest absolute Gasteiger partial charge is 0.366 e. The summed E-state index contributed by atoms with van der Waals surface area (Å²) in [6, 6.07) is 14.3. The van der Waals surface area contributed by atoms with Crippen molar-refractivity contribution < 1.29 is 0 Å². The molecule has 0 saturated carbocycles. The van der Waals surface area contributed by atoms with E-state index in [1.54, 1.807) is 0 Å². The number of nitrogens with zero attached hydrogens (tertiary/aromatic N) is 2. The van der Waals surface area contributed by atoms with Gasteiger partial charge in [0.2, 0.25) is 0 Å². The molecule has 0 radical (unpaired) electrons. The van der Waals surface area contributed by atoms with Crippen molar-refractivity contribution in [1.82, 2.24) is 0 Å². The zero-order valence-electron chi connectivity index (χ0n) is 14.9. The van der Waals surface area contributed by atoms with Gasteiger partial charge in [-0.1, -0.05) is 24.6 Å². The van der Waals surface area contributed by atoms with Gasteiger partial charge in [0.1, 0.15) is 0 Å². The summed E-state index contributed by atoms with van der Waals surface area (Å²) in [6.07, 6.45) is 3.11. The molecule has 0 aliphatic carbocycles. The molecule has 3 heteroatoms. The predicted octanol–water partition coefficient (Wildman–Crippen LogP) is 6.20. The number of aliphatic imine (C=N–C) groups is 1. The second kappa shape index (κ2) is 6.60. The summed E-state index contributed by atoms with van der Waals surface area (Å²) in [7, 11) is 0. The van der Waals surface area contributed by atoms with Gasteiger partial charge < -0.3 is 4.90 Å². The lowest BCUT2D eigenvalue weighted by atomic mass is 9.79. The molecule has 0 N–H and O–H groups in total. The van der Waals surface area contributed by atoms with Crippen LogP contribution in [-0.2, 0) is 0 Å². The van der Waals surface area contributed by atoms with Crippen LogP contribution < -0.4 is 4.90 Å². The molecule has 1 heterocycles. The lowest BCUT2D eigenvalue weighted by molar-refractivity contribution is 0.381. The molecule has 0 aromatic heterocycles. The Bertz CT molecular complexity index is 747. The number of rotatable bonds is 3. The first-order chi connectivity index (χ1) is 11.4. The van der Waals surface area contributed by atoms with E-state index in [4.69, 9.17) is 11.6 Å². The van der Waals surface area contributed by atoms with E-state index in [0.29, 0.717) is 5.92 Å². The monoisotopic (exact) mass is 340 g/mol. The number of anilines is 1. The maximum Gasteiger partial charge on any atom is 0.0630 e. The van der Waals surface area contributed by atoms with Crippen molar-refractivity contribution in [2.45, 2.75) is 45.6 Å². The second-order valence-electron chi connectivity index (χ2n) is 7.21. The normalized spacial score (nSPS) is 19.5. The zero-order chi connectivity index (χ0) is 17.3. The molecule has 0 spiro atoms. The Morgan fingerprint density at radius 3 is 2.58 bits per heavy atom. The molecule has 2 nitrogen and oxygen atoms in total. The number of hydrogen-bond donors (Lipinski definition) is 0. The smallest absolute Gasteiger partial charge is 0.0630 e. The van der Waals surface area contributed by atoms with E-state index in [-0.39, 0.29) is 5.54 Å². The molecule has 0 fully saturated rings. The summed E-state index contributed by atoms with van der Waals surface area (Å²) >= 11 is 5.92. The van der Waals surface area contributed by atoms with Crippen molar-refractivity contribution in [1.29, 1.82) is 0 Å². The van der Waals surface area contributed by atoms with E-state index in [1.165, 1.54) is 17.7 Å². The fourth-order valence-corrected chi connectivity index (χ4v) is 3.99. The summed E-state index contributed by atoms with van der Waals surface area (Å²) in [5, 5.41) is 0.735. The van der Waals surface area contributed by atoms with Crippen LogP contribution in [0.1, 0.15) is 51.2 Å². The molecule has 2 aromatic rings. The van der Waals surface area contributed by atoms with E-state index in [2.05, 4.69) is 55.8 Å². The minimum absolute atomic E-state index is 0.208. The first kappa shape index (κ1) is 17.0. The zero-order valence-corrected chi connectivity index (χ0v) is 15.6. The maximum atomic E-state index is 5.92. The summed E-state index contributed by atoms with van der Waals surface area (Å²) in [4.78, 5) is 7.08. The SMILES string of the molecule is CCN1c2ccc(C=Nc3ccc(Cl)cc3)cc2[C@H](C)CC1(C)C. The van der Waals surface area contributed by atoms with Crippen molar-refractivity contribution in [3.63, 3.8) is 0 Å². The van der Waals surface area contributed by atoms with E-state index in [0.717, 1.165) is 22.8 Å². The van der Waals surface area contributed by atoms with Gasteiger partial charge in [-0.2, -0.15) is 0 Å². The van der Waals surface area contributed by atoms with Gasteiger partial charge in [-0.05, 0) is 80.6 Å². The van der Waals surface area contributed by atoms with Crippen LogP contribution in [0, 0.1) is 0 Å². The third-order valence-electron chi connectivity index (χ3n) is 4.92. The number of benzene rings is 2. The van der Waals surface area contributed by atoms with E-state index >= 15 is 0 Å². The third kappa shape index (κ3) is 3.34. The van der Waals surface area contributed by atoms with Crippen LogP contribution in [0.2, 0.25) is 5.02 Å². The van der Waals surface area contributed by atoms with Gasteiger partial charge in [0.25, 0.3) is 0 Å². The molecule has 126 valence electrons. The van der Waals surface area contributed by atoms with Gasteiger partial charge in [-0.3, -0.25) is 4.99 Å². The maximum absolute atomic E-state index is 5.92. The van der Waals surface area contributed by atoms with Crippen LogP contribution in [-0.4, -0.2) is 18.3 Å². The molecule has 1 atom stereocenters. The summed E-state index contributed by atoms with van der Waals surface area (Å²) in [5.74, 6) is 0.557. The fraction of sp³-hybridized carbons (Fsp3) is 0.381. The highest BCUT2D eigenvalue weighted by Gasteiger charge is 2.35. The third-order valence-corrected chi connectivity index (χ3v) is 5.17. The van der Waals surface area contributed by atoms with Gasteiger partial charge in [0.05, 0.1) is 5.69 Å². The lowest BCUT2D eigenvalue weighted by Gasteiger charge is -2.47. The highest BCUT2D eigenvalue weighted by Crippen LogP contribution is 2.43. The number of halogens is 1. The highest BCUT2D eigenvalue weighted by atomic mass is 35.5. The molecule has 1 aliphatic heterocycles. The predicted molar refractivity (Wildman–Crippen MR) is 105 cm³/mol. The van der Waals surface area contributed by atoms with Gasteiger partial charge in [0.15, 0.2) is 0 Å². The van der Waals surface area contributed by atoms with Crippen LogP contribution in [0.25, 0.3) is 0 Å². The Balaban J connectivity index is 1.91. The van der Waals surface area contributed by atoms with Crippen LogP contribution in [0.5, 0.6) is 0 Å². The number of hydrogen-bond acceptors (Lipinski definition) is 2. The summed E-state index contributed by atoms with van der Waals surface area (Å²) < 4.78 is 0. The average Bonchev–Trinajstić information content (AvgIpc) is 2.54. The Labute approximate surface area is 150 Å². The van der Waals surface area contributed by atoms with Crippen molar-refractivity contribution in [2.75, 3.05) is 11.4 Å². The fourth-order valence-electron chi connectivity index (χ4n) is 3.86. The Kier molecular flexibility index (Phi) is 4.69. The van der Waals surface area contributed by atoms with Crippen LogP contribution in [0.15, 0.2) is 47.5 Å². The number of fused-ring (bicyclic) bond motifs is 1. The van der Waals surface area contributed by atoms with E-state index in [9.17, 15) is 0 Å². The first-order valence-electron chi connectivity index (χ1n) is 8.62. The van der Waals surface area contributed by atoms with Crippen molar-refractivity contribution in [2.24, 2.45) is 4.99 Å². The molecular formula is C21H25ClN2. The van der Waals surface area contributed by atoms with Gasteiger partial charge >= 0.3 is 0 Å². The van der Waals surface area contributed by atoms with Gasteiger partial charge in [0, 0.05) is 29.0 Å². The average molecular weight is 341 g/mol. The van der Waals surface area contributed by atoms with E-state index in [1.807, 2.05) is 30.5 Å². The molecule has 1 aliphatic rings. The van der Waals surface area contributed by atoms with Crippen LogP contribution >= 0.6 is 11.6 Å². The molecular weight excluding hydrogens is 316 g/mol. The highest BCUT2D eigenvalue weighted by molar-refractivity contribution is 6.30. The molecule has 3 rings (SSSR count). The molecule has 0 unspecified atom stereocenters. The first-order valence-corrected chi connectivity index (χ1v) is 9.00. The molecule has 2 aromatic carbocycles. The standard InChI is InChI=1S/C21H25ClN2/c1-5-24-20-11-6-16(12-19(20)15(2)13-21(24,3)4)14-23-18-9-7-17(22)8-10-18/h6-12,14-15H,5,13H2,1-4H3/t15-/m1/s1. The van der Waals surface area contributed by atoms with Crippen molar-refractivity contribution in [3.05, 3.63) is 58.6 Å². The van der Waals surface area contributed by atoms with Crippen molar-refractivity contribution in [3.8, 4) is 0 Å². The molecule has 0 saturated heterocycles. The minimum Gasteiger partial charge on any atom is -0.366 e. The molecule has 24 heavy (non-hydrogen) atoms. The minimum atomic E-state index is 0.208. The van der Waals surface area contributed by atoms with E-state index < -0.39 is 0 Å². The second-order valence-corrected chi connectivity index (χ2v) is 7.65. The van der Waals surface area contributed by atoms with Gasteiger partial charge in [-0.25, -0.2) is 0 Å². The van der Waals surface area contributed by atoms with Crippen LogP contribution in [0.3, 0.4) is 0 Å². The van der Waals surface area contributed by atoms with Gasteiger partial charge in [-0.15, -0.1) is 0 Å². The van der Waals surface area contributed by atoms with Crippen molar-refractivity contribution >= 4 is 29.2 Å². The Morgan fingerprint density at radius 2 is 1.92 bits per heavy atom. The lowest BCUT2D eigenvalue weighted by Crippen LogP contribution is -2.48. The van der Waals surface area contributed by atoms with Crippen LogP contribution in [0.4, 0.5) is 11.4 Å². The quantitative estimate of drug-likeness (QED) is 0.607.